The number of rotatable bonds is 18. The number of carbonyl (C=O) groups excluding carboxylic acids is 1. The summed E-state index contributed by atoms with van der Waals surface area (Å²) in [7, 11) is 0. The van der Waals surface area contributed by atoms with E-state index in [9.17, 15) is 14.7 Å². The Morgan fingerprint density at radius 2 is 1.45 bits per heavy atom. The van der Waals surface area contributed by atoms with E-state index in [1.165, 1.54) is 57.8 Å². The molecule has 176 valence electrons. The molecule has 0 aliphatic rings. The van der Waals surface area contributed by atoms with Crippen LogP contribution >= 0.6 is 0 Å². The molecule has 1 aromatic rings. The van der Waals surface area contributed by atoms with Crippen molar-refractivity contribution in [3.05, 3.63) is 34.9 Å². The average molecular weight is 433 g/mol. The minimum Gasteiger partial charge on any atom is -0.478 e. The van der Waals surface area contributed by atoms with Gasteiger partial charge in [0.15, 0.2) is 0 Å². The first-order chi connectivity index (χ1) is 15.0. The van der Waals surface area contributed by atoms with Crippen LogP contribution < -0.4 is 0 Å². The molecule has 0 atom stereocenters. The number of aromatic carboxylic acids is 1. The number of benzene rings is 1. The summed E-state index contributed by atoms with van der Waals surface area (Å²) in [6.45, 7) is 6.94. The highest BCUT2D eigenvalue weighted by Crippen LogP contribution is 2.20. The van der Waals surface area contributed by atoms with E-state index < -0.39 is 11.9 Å². The second kappa shape index (κ2) is 16.8. The molecule has 4 heteroatoms. The largest absolute Gasteiger partial charge is 0.478 e. The zero-order chi connectivity index (χ0) is 22.9. The molecule has 1 aromatic carbocycles. The van der Waals surface area contributed by atoms with Crippen molar-refractivity contribution in [1.29, 1.82) is 0 Å². The molecule has 0 aliphatic carbocycles. The van der Waals surface area contributed by atoms with Crippen LogP contribution in [0.1, 0.15) is 131 Å². The summed E-state index contributed by atoms with van der Waals surface area (Å²) in [5, 5.41) is 9.66. The molecule has 0 bridgehead atoms. The molecule has 0 radical (unpaired) electrons. The van der Waals surface area contributed by atoms with Gasteiger partial charge < -0.3 is 9.84 Å². The lowest BCUT2D eigenvalue weighted by Gasteiger charge is -2.11. The van der Waals surface area contributed by atoms with Crippen molar-refractivity contribution in [2.24, 2.45) is 5.92 Å². The van der Waals surface area contributed by atoms with Gasteiger partial charge in [-0.25, -0.2) is 9.59 Å². The summed E-state index contributed by atoms with van der Waals surface area (Å²) in [6, 6.07) is 5.15. The number of carbonyl (C=O) groups is 2. The summed E-state index contributed by atoms with van der Waals surface area (Å²) < 4.78 is 5.23. The maximum atomic E-state index is 12.3. The molecule has 1 rings (SSSR count). The number of hydrogen-bond acceptors (Lipinski definition) is 3. The first-order valence-electron chi connectivity index (χ1n) is 12.5. The Morgan fingerprint density at radius 1 is 0.871 bits per heavy atom. The van der Waals surface area contributed by atoms with Gasteiger partial charge in [-0.05, 0) is 36.8 Å². The highest BCUT2D eigenvalue weighted by Gasteiger charge is 2.21. The predicted molar refractivity (Wildman–Crippen MR) is 128 cm³/mol. The highest BCUT2D eigenvalue weighted by atomic mass is 16.5. The Balaban J connectivity index is 2.30. The van der Waals surface area contributed by atoms with Crippen LogP contribution in [0.4, 0.5) is 0 Å². The fourth-order valence-electron chi connectivity index (χ4n) is 3.90. The zero-order valence-corrected chi connectivity index (χ0v) is 20.1. The molecule has 0 aliphatic heterocycles. The topological polar surface area (TPSA) is 63.6 Å². The monoisotopic (exact) mass is 432 g/mol. The number of carboxylic acids is 1. The van der Waals surface area contributed by atoms with Crippen LogP contribution in [0, 0.1) is 5.92 Å². The summed E-state index contributed by atoms with van der Waals surface area (Å²) in [5.74, 6) is -0.753. The molecule has 0 amide bonds. The third-order valence-electron chi connectivity index (χ3n) is 5.79. The van der Waals surface area contributed by atoms with Crippen molar-refractivity contribution >= 4 is 11.9 Å². The molecule has 31 heavy (non-hydrogen) atoms. The van der Waals surface area contributed by atoms with Crippen LogP contribution in [-0.2, 0) is 11.2 Å². The summed E-state index contributed by atoms with van der Waals surface area (Å²) in [4.78, 5) is 24.1. The Bertz CT molecular complexity index is 636. The number of aryl methyl sites for hydroxylation is 1. The van der Waals surface area contributed by atoms with Gasteiger partial charge in [-0.15, -0.1) is 0 Å². The lowest BCUT2D eigenvalue weighted by Crippen LogP contribution is -2.14. The van der Waals surface area contributed by atoms with Crippen molar-refractivity contribution < 1.29 is 19.4 Å². The van der Waals surface area contributed by atoms with Crippen molar-refractivity contribution in [2.75, 3.05) is 6.61 Å². The SMILES string of the molecule is CCCCOC(=O)c1cccc(CCCCCCCCCCCCC(C)C)c1C(=O)O. The van der Waals surface area contributed by atoms with E-state index >= 15 is 0 Å². The number of hydrogen-bond donors (Lipinski definition) is 1. The van der Waals surface area contributed by atoms with E-state index in [0.717, 1.165) is 37.2 Å². The van der Waals surface area contributed by atoms with Gasteiger partial charge in [0.1, 0.15) is 0 Å². The van der Waals surface area contributed by atoms with Gasteiger partial charge in [-0.1, -0.05) is 104 Å². The second-order valence-corrected chi connectivity index (χ2v) is 9.10. The third kappa shape index (κ3) is 11.9. The quantitative estimate of drug-likeness (QED) is 0.190. The van der Waals surface area contributed by atoms with E-state index in [4.69, 9.17) is 4.74 Å². The Hall–Kier alpha value is -1.84. The van der Waals surface area contributed by atoms with Crippen LogP contribution in [0.5, 0.6) is 0 Å². The maximum Gasteiger partial charge on any atom is 0.339 e. The van der Waals surface area contributed by atoms with Crippen molar-refractivity contribution in [3.63, 3.8) is 0 Å². The van der Waals surface area contributed by atoms with Crippen LogP contribution in [0.3, 0.4) is 0 Å². The molecule has 0 fully saturated rings. The van der Waals surface area contributed by atoms with E-state index in [1.54, 1.807) is 12.1 Å². The Labute approximate surface area is 189 Å². The van der Waals surface area contributed by atoms with Crippen molar-refractivity contribution in [1.82, 2.24) is 0 Å². The summed E-state index contributed by atoms with van der Waals surface area (Å²) in [6.07, 6.45) is 16.3. The lowest BCUT2D eigenvalue weighted by atomic mass is 9.96. The predicted octanol–water partition coefficient (Wildman–Crippen LogP) is 7.83. The molecular formula is C27H44O4. The minimum absolute atomic E-state index is 0.112. The van der Waals surface area contributed by atoms with Gasteiger partial charge in [-0.3, -0.25) is 0 Å². The van der Waals surface area contributed by atoms with Gasteiger partial charge >= 0.3 is 11.9 Å². The minimum atomic E-state index is -1.05. The molecule has 0 spiro atoms. The lowest BCUT2D eigenvalue weighted by molar-refractivity contribution is 0.0489. The van der Waals surface area contributed by atoms with Crippen LogP contribution in [0.25, 0.3) is 0 Å². The molecule has 1 N–H and O–H groups in total. The van der Waals surface area contributed by atoms with Crippen molar-refractivity contribution in [3.8, 4) is 0 Å². The fraction of sp³-hybridized carbons (Fsp3) is 0.704. The van der Waals surface area contributed by atoms with Gasteiger partial charge in [-0.2, -0.15) is 0 Å². The average Bonchev–Trinajstić information content (AvgIpc) is 2.74. The van der Waals surface area contributed by atoms with E-state index in [2.05, 4.69) is 13.8 Å². The number of unbranched alkanes of at least 4 members (excludes halogenated alkanes) is 10. The van der Waals surface area contributed by atoms with Gasteiger partial charge in [0.25, 0.3) is 0 Å². The molecular weight excluding hydrogens is 388 g/mol. The van der Waals surface area contributed by atoms with Gasteiger partial charge in [0.05, 0.1) is 17.7 Å². The maximum absolute atomic E-state index is 12.3. The molecule has 0 heterocycles. The molecule has 4 nitrogen and oxygen atoms in total. The summed E-state index contributed by atoms with van der Waals surface area (Å²) in [5.41, 5.74) is 1.02. The normalized spacial score (nSPS) is 11.1. The standard InChI is InChI=1S/C27H44O4/c1-4-5-21-31-27(30)24-20-16-19-23(25(24)26(28)29)18-15-13-11-9-7-6-8-10-12-14-17-22(2)3/h16,19-20,22H,4-15,17-18,21H2,1-3H3,(H,28,29). The highest BCUT2D eigenvalue weighted by molar-refractivity contribution is 6.03. The number of ether oxygens (including phenoxy) is 1. The smallest absolute Gasteiger partial charge is 0.339 e. The van der Waals surface area contributed by atoms with E-state index in [-0.39, 0.29) is 11.1 Å². The molecule has 0 unspecified atom stereocenters. The van der Waals surface area contributed by atoms with Gasteiger partial charge in [0, 0.05) is 0 Å². The fourth-order valence-corrected chi connectivity index (χ4v) is 3.90. The summed E-state index contributed by atoms with van der Waals surface area (Å²) >= 11 is 0. The molecule has 0 saturated heterocycles. The zero-order valence-electron chi connectivity index (χ0n) is 20.1. The molecule has 0 saturated carbocycles. The Morgan fingerprint density at radius 3 is 2.00 bits per heavy atom. The van der Waals surface area contributed by atoms with Crippen LogP contribution in [-0.4, -0.2) is 23.7 Å². The second-order valence-electron chi connectivity index (χ2n) is 9.10. The van der Waals surface area contributed by atoms with Crippen LogP contribution in [0.15, 0.2) is 18.2 Å². The van der Waals surface area contributed by atoms with Crippen LogP contribution in [0.2, 0.25) is 0 Å². The van der Waals surface area contributed by atoms with E-state index in [0.29, 0.717) is 13.0 Å². The number of esters is 1. The molecule has 0 aromatic heterocycles. The first-order valence-corrected chi connectivity index (χ1v) is 12.5. The van der Waals surface area contributed by atoms with E-state index in [1.807, 2.05) is 13.0 Å². The van der Waals surface area contributed by atoms with Crippen molar-refractivity contribution in [2.45, 2.75) is 111 Å². The number of carboxylic acid groups (broad SMARTS) is 1. The first kappa shape index (κ1) is 27.2. The Kier molecular flexibility index (Phi) is 14.7. The third-order valence-corrected chi connectivity index (χ3v) is 5.79. The van der Waals surface area contributed by atoms with Gasteiger partial charge in [0.2, 0.25) is 0 Å².